The number of hydrogen-bond donors (Lipinski definition) is 15. The van der Waals surface area contributed by atoms with E-state index in [0.29, 0.717) is 64.5 Å². The molecule has 0 saturated heterocycles. The van der Waals surface area contributed by atoms with Gasteiger partial charge in [-0.1, -0.05) is 81.3 Å². The lowest BCUT2D eigenvalue weighted by Gasteiger charge is -2.27. The molecule has 0 aliphatic carbocycles. The van der Waals surface area contributed by atoms with Gasteiger partial charge in [0.05, 0.1) is 31.0 Å². The fraction of sp³-hybridized carbons (Fsp3) is 0.554. The summed E-state index contributed by atoms with van der Waals surface area (Å²) in [6.45, 7) is 9.12. The topological polar surface area (TPSA) is 395 Å². The first-order valence-electron chi connectivity index (χ1n) is 31.5. The van der Waals surface area contributed by atoms with Crippen molar-refractivity contribution in [2.45, 2.75) is 171 Å². The Morgan fingerprint density at radius 2 is 1.04 bits per heavy atom. The number of carboxylic acids is 3. The maximum absolute atomic E-state index is 12.7. The highest BCUT2D eigenvalue weighted by Crippen LogP contribution is 2.48. The summed E-state index contributed by atoms with van der Waals surface area (Å²) in [4.78, 5) is 124. The smallest absolute Gasteiger partial charge is 0.326 e. The number of urea groups is 1. The van der Waals surface area contributed by atoms with Crippen molar-refractivity contribution >= 4 is 89.1 Å². The number of fused-ring (bicyclic) bond motifs is 2. The molecule has 0 aromatic heterocycles. The number of rotatable bonds is 43. The molecule has 26 nitrogen and oxygen atoms in total. The zero-order valence-electron chi connectivity index (χ0n) is 53.2. The molecule has 27 heteroatoms. The van der Waals surface area contributed by atoms with Gasteiger partial charge in [0.25, 0.3) is 0 Å². The van der Waals surface area contributed by atoms with Gasteiger partial charge in [-0.05, 0) is 95.8 Å². The van der Waals surface area contributed by atoms with Gasteiger partial charge in [0.2, 0.25) is 41.1 Å². The number of carbonyl (C=O) groups is 10. The minimum absolute atomic E-state index is 0.0306. The van der Waals surface area contributed by atoms with Crippen molar-refractivity contribution in [3.05, 3.63) is 95.7 Å². The monoisotopic (exact) mass is 1300 g/mol. The second kappa shape index (κ2) is 39.3. The van der Waals surface area contributed by atoms with Crippen LogP contribution in [0.25, 0.3) is 0 Å². The van der Waals surface area contributed by atoms with Crippen LogP contribution in [0.4, 0.5) is 16.2 Å². The predicted octanol–water partition coefficient (Wildman–Crippen LogP) is 3.10. The normalized spacial score (nSPS) is 15.8. The van der Waals surface area contributed by atoms with Crippen LogP contribution in [-0.2, 0) is 54.0 Å². The van der Waals surface area contributed by atoms with Gasteiger partial charge in [0.15, 0.2) is 5.71 Å². The van der Waals surface area contributed by atoms with Crippen LogP contribution in [0.5, 0.6) is 0 Å². The van der Waals surface area contributed by atoms with E-state index in [1.165, 1.54) is 28.2 Å². The highest BCUT2D eigenvalue weighted by Gasteiger charge is 2.44. The largest absolute Gasteiger partial charge is 0.481 e. The molecule has 0 spiro atoms. The number of anilines is 1. The molecule has 0 bridgehead atoms. The number of carboxylic acid groups (broad SMARTS) is 3. The van der Waals surface area contributed by atoms with E-state index in [9.17, 15) is 73.5 Å². The zero-order chi connectivity index (χ0) is 67.8. The first-order valence-corrected chi connectivity index (χ1v) is 32.1. The van der Waals surface area contributed by atoms with E-state index in [1.807, 2.05) is 6.07 Å². The summed E-state index contributed by atoms with van der Waals surface area (Å²) in [5, 5.41) is 76.1. The van der Waals surface area contributed by atoms with Crippen molar-refractivity contribution in [2.24, 2.45) is 0 Å². The Morgan fingerprint density at radius 1 is 0.522 bits per heavy atom. The molecule has 0 saturated carbocycles. The molecule has 2 aromatic carbocycles. The number of nitrogens with zero attached hydrogens (tertiary/aromatic N) is 2. The fourth-order valence-electron chi connectivity index (χ4n) is 11.0. The summed E-state index contributed by atoms with van der Waals surface area (Å²) < 4.78 is 2.39. The summed E-state index contributed by atoms with van der Waals surface area (Å²) in [7, 11) is 0. The number of aliphatic hydroxyl groups excluding tert-OH is 3. The molecular formula is C65H95N10O16S+. The fourth-order valence-corrected chi connectivity index (χ4v) is 11.1. The Hall–Kier alpha value is -8.14. The molecule has 506 valence electrons. The SMILES string of the molecule is CC1(C)C(/C=C/C=C/C=C2/N(CCCCCC(=O)NCCCC[C@H](NC(=O)N[C@@H](CCC(=O)O)C(=O)O)C(=O)O)c3ccccc3C2(C)C)=[N+](CCCCCNC(=O)CCCCCNC(=O)[C@@H](CO)NC(=O)[C@@H](CO)NC(=O)[C@@H](CO)NC(=O)CS)c2ccccc21. The number of hydrogen-bond acceptors (Lipinski definition) is 15. The average molecular weight is 1300 g/mol. The zero-order valence-corrected chi connectivity index (χ0v) is 54.1. The van der Waals surface area contributed by atoms with Crippen LogP contribution >= 0.6 is 12.6 Å². The van der Waals surface area contributed by atoms with Crippen LogP contribution in [0.15, 0.2) is 84.6 Å². The first-order chi connectivity index (χ1) is 43.9. The van der Waals surface area contributed by atoms with Gasteiger partial charge in [-0.3, -0.25) is 33.6 Å². The number of carbonyl (C=O) groups excluding carboxylic acids is 7. The Morgan fingerprint density at radius 3 is 1.63 bits per heavy atom. The van der Waals surface area contributed by atoms with Crippen LogP contribution in [0.2, 0.25) is 0 Å². The van der Waals surface area contributed by atoms with Crippen molar-refractivity contribution < 1.29 is 83.2 Å². The Balaban J connectivity index is 1.19. The van der Waals surface area contributed by atoms with Crippen LogP contribution in [0.1, 0.15) is 142 Å². The number of benzene rings is 2. The molecule has 2 aromatic rings. The number of aliphatic hydroxyl groups is 3. The lowest BCUT2D eigenvalue weighted by Crippen LogP contribution is -2.59. The Bertz CT molecular complexity index is 2990. The van der Waals surface area contributed by atoms with Crippen molar-refractivity contribution in [3.63, 3.8) is 0 Å². The molecule has 92 heavy (non-hydrogen) atoms. The van der Waals surface area contributed by atoms with E-state index in [-0.39, 0.29) is 47.8 Å². The van der Waals surface area contributed by atoms with E-state index in [4.69, 9.17) is 5.11 Å². The van der Waals surface area contributed by atoms with Gasteiger partial charge < -0.3 is 78.1 Å². The lowest BCUT2D eigenvalue weighted by atomic mass is 9.81. The van der Waals surface area contributed by atoms with Gasteiger partial charge in [-0.2, -0.15) is 17.2 Å². The number of nitrogens with one attached hydrogen (secondary N) is 8. The highest BCUT2D eigenvalue weighted by atomic mass is 32.1. The quantitative estimate of drug-likeness (QED) is 0.0196. The summed E-state index contributed by atoms with van der Waals surface area (Å²) >= 11 is 3.79. The number of aliphatic carboxylic acids is 3. The van der Waals surface area contributed by atoms with Crippen LogP contribution in [0.3, 0.4) is 0 Å². The van der Waals surface area contributed by atoms with Gasteiger partial charge in [-0.15, -0.1) is 0 Å². The van der Waals surface area contributed by atoms with Gasteiger partial charge in [-0.25, -0.2) is 14.4 Å². The molecule has 8 amide bonds. The number of unbranched alkanes of at least 4 members (excludes halogenated alkanes) is 7. The number of allylic oxidation sites excluding steroid dienone is 6. The van der Waals surface area contributed by atoms with Gasteiger partial charge >= 0.3 is 23.9 Å². The van der Waals surface area contributed by atoms with E-state index in [2.05, 4.69) is 165 Å². The standard InChI is InChI=1S/C65H94N10O16S/c1-64(2)43-23-13-15-26-50(43)74(37-21-7-12-31-55(80)67-35-20-17-25-45(61(87)88)72-63(91)73-46(62(89)90)32-33-57(82)83)52(64)28-9-5-10-29-53-65(3,4)44-24-14-16-27-51(44)75(53)38-22-8-19-34-66-54(79)30-11-6-18-36-68-58(84)47(39-76)70-60(86)49(41-78)71-59(85)48(40-77)69-56(81)42-92/h5,9-10,13-16,23-24,26-29,45-49,76-78H,6-8,11-12,17-22,25,30-42H2,1-4H3,(H11-,66,67,68,69,70,71,72,73,79,80,81,82,83,84,85,86,87,88,89,90,91,92)/p+1/t45-,46-,47+,48+,49+/m0/s1. The molecule has 2 aliphatic rings. The summed E-state index contributed by atoms with van der Waals surface area (Å²) in [5.74, 6) is -7.71. The van der Waals surface area contributed by atoms with E-state index >= 15 is 0 Å². The third kappa shape index (κ3) is 24.2. The van der Waals surface area contributed by atoms with Crippen molar-refractivity contribution in [1.82, 2.24) is 42.5 Å². The van der Waals surface area contributed by atoms with Gasteiger partial charge in [0, 0.05) is 86.4 Å². The van der Waals surface area contributed by atoms with Crippen LogP contribution < -0.4 is 47.4 Å². The van der Waals surface area contributed by atoms with Crippen molar-refractivity contribution in [3.8, 4) is 0 Å². The summed E-state index contributed by atoms with van der Waals surface area (Å²) in [5.41, 5.74) is 6.65. The molecule has 2 heterocycles. The number of amides is 8. The molecule has 0 fully saturated rings. The van der Waals surface area contributed by atoms with E-state index in [0.717, 1.165) is 50.9 Å². The van der Waals surface area contributed by atoms with E-state index < -0.39 is 104 Å². The molecule has 14 N–H and O–H groups in total. The first kappa shape index (κ1) is 76.3. The van der Waals surface area contributed by atoms with Crippen molar-refractivity contribution in [1.29, 1.82) is 0 Å². The average Bonchev–Trinajstić information content (AvgIpc) is 1.62. The minimum atomic E-state index is -1.54. The molecule has 5 atom stereocenters. The molecule has 2 aliphatic heterocycles. The third-order valence-corrected chi connectivity index (χ3v) is 16.4. The lowest BCUT2D eigenvalue weighted by molar-refractivity contribution is -0.438. The third-order valence-electron chi connectivity index (χ3n) is 16.1. The van der Waals surface area contributed by atoms with E-state index in [1.54, 1.807) is 0 Å². The maximum Gasteiger partial charge on any atom is 0.326 e. The Labute approximate surface area is 543 Å². The maximum atomic E-state index is 12.7. The second-order valence-corrected chi connectivity index (χ2v) is 24.0. The number of thiol groups is 1. The van der Waals surface area contributed by atoms with Crippen LogP contribution in [0, 0.1) is 0 Å². The highest BCUT2D eigenvalue weighted by molar-refractivity contribution is 7.81. The summed E-state index contributed by atoms with van der Waals surface area (Å²) in [6.07, 6.45) is 17.9. The molecule has 0 unspecified atom stereocenters. The van der Waals surface area contributed by atoms with Crippen LogP contribution in [-0.4, -0.2) is 189 Å². The predicted molar refractivity (Wildman–Crippen MR) is 348 cm³/mol. The molecular weight excluding hydrogens is 1210 g/mol. The van der Waals surface area contributed by atoms with Crippen molar-refractivity contribution in [2.75, 3.05) is 63.2 Å². The minimum Gasteiger partial charge on any atom is -0.481 e. The summed E-state index contributed by atoms with van der Waals surface area (Å²) in [6, 6.07) is 8.68. The Kier molecular flexibility index (Phi) is 32.6. The molecule has 0 radical (unpaired) electrons. The second-order valence-electron chi connectivity index (χ2n) is 23.7. The number of para-hydroxylation sites is 2. The van der Waals surface area contributed by atoms with Gasteiger partial charge in [0.1, 0.15) is 36.8 Å². The molecule has 4 rings (SSSR count).